The Bertz CT molecular complexity index is 149. The lowest BCUT2D eigenvalue weighted by molar-refractivity contribution is -0.129. The maximum Gasteiger partial charge on any atom is 0.225 e. The molecule has 0 bridgehead atoms. The van der Waals surface area contributed by atoms with Crippen LogP contribution in [0.4, 0.5) is 0 Å². The molecule has 0 radical (unpaired) electrons. The second kappa shape index (κ2) is 4.45. The van der Waals surface area contributed by atoms with Crippen molar-refractivity contribution in [2.75, 3.05) is 6.54 Å². The molecule has 0 aliphatic heterocycles. The third kappa shape index (κ3) is 4.34. The summed E-state index contributed by atoms with van der Waals surface area (Å²) in [4.78, 5) is 11.4. The van der Waals surface area contributed by atoms with Crippen molar-refractivity contribution in [2.45, 2.75) is 40.2 Å². The van der Waals surface area contributed by atoms with E-state index in [0.29, 0.717) is 6.54 Å². The molecule has 0 saturated heterocycles. The predicted molar refractivity (Wildman–Crippen MR) is 50.7 cm³/mol. The summed E-state index contributed by atoms with van der Waals surface area (Å²) in [5.41, 5.74) is 5.06. The first-order chi connectivity index (χ1) is 5.38. The van der Waals surface area contributed by atoms with Gasteiger partial charge in [-0.1, -0.05) is 20.8 Å². The van der Waals surface area contributed by atoms with E-state index in [9.17, 15) is 4.79 Å². The van der Waals surface area contributed by atoms with Gasteiger partial charge in [0, 0.05) is 11.5 Å². The lowest BCUT2D eigenvalue weighted by Crippen LogP contribution is -2.41. The highest BCUT2D eigenvalue weighted by atomic mass is 16.2. The van der Waals surface area contributed by atoms with Gasteiger partial charge in [0.05, 0.1) is 0 Å². The van der Waals surface area contributed by atoms with Crippen LogP contribution in [0, 0.1) is 5.41 Å². The molecule has 1 amide bonds. The molecule has 0 heterocycles. The largest absolute Gasteiger partial charge is 0.353 e. The van der Waals surface area contributed by atoms with Crippen LogP contribution in [0.2, 0.25) is 0 Å². The summed E-state index contributed by atoms with van der Waals surface area (Å²) in [6.07, 6.45) is 0.835. The Morgan fingerprint density at radius 2 is 2.00 bits per heavy atom. The van der Waals surface area contributed by atoms with Crippen molar-refractivity contribution in [2.24, 2.45) is 11.1 Å². The van der Waals surface area contributed by atoms with Gasteiger partial charge in [-0.05, 0) is 19.9 Å². The van der Waals surface area contributed by atoms with E-state index in [2.05, 4.69) is 5.32 Å². The molecule has 72 valence electrons. The van der Waals surface area contributed by atoms with Crippen LogP contribution in [0.3, 0.4) is 0 Å². The molecule has 3 heteroatoms. The van der Waals surface area contributed by atoms with E-state index in [1.165, 1.54) is 0 Å². The van der Waals surface area contributed by atoms with Gasteiger partial charge < -0.3 is 11.1 Å². The number of hydrogen-bond acceptors (Lipinski definition) is 2. The number of amides is 1. The predicted octanol–water partition coefficient (Wildman–Crippen LogP) is 0.886. The Morgan fingerprint density at radius 3 is 2.33 bits per heavy atom. The van der Waals surface area contributed by atoms with E-state index in [-0.39, 0.29) is 17.4 Å². The van der Waals surface area contributed by atoms with Gasteiger partial charge in [-0.15, -0.1) is 0 Å². The maximum absolute atomic E-state index is 11.4. The lowest BCUT2D eigenvalue weighted by atomic mass is 9.95. The number of carbonyl (C=O) groups excluding carboxylic acids is 1. The van der Waals surface area contributed by atoms with Crippen LogP contribution in [-0.2, 0) is 4.79 Å². The Kier molecular flexibility index (Phi) is 4.24. The minimum absolute atomic E-state index is 0.0865. The van der Waals surface area contributed by atoms with Crippen molar-refractivity contribution in [1.29, 1.82) is 0 Å². The Labute approximate surface area is 74.7 Å². The second-order valence-electron chi connectivity index (χ2n) is 4.20. The Hall–Kier alpha value is -0.570. The molecule has 3 N–H and O–H groups in total. The highest BCUT2D eigenvalue weighted by Crippen LogP contribution is 2.12. The topological polar surface area (TPSA) is 55.1 Å². The van der Waals surface area contributed by atoms with Gasteiger partial charge in [-0.2, -0.15) is 0 Å². The van der Waals surface area contributed by atoms with E-state index in [0.717, 1.165) is 6.42 Å². The molecule has 0 saturated carbocycles. The van der Waals surface area contributed by atoms with Crippen molar-refractivity contribution >= 4 is 5.91 Å². The van der Waals surface area contributed by atoms with Gasteiger partial charge in [-0.3, -0.25) is 4.79 Å². The first kappa shape index (κ1) is 11.4. The van der Waals surface area contributed by atoms with Gasteiger partial charge in [0.1, 0.15) is 0 Å². The third-order valence-corrected chi connectivity index (χ3v) is 1.66. The highest BCUT2D eigenvalue weighted by molar-refractivity contribution is 5.81. The van der Waals surface area contributed by atoms with Gasteiger partial charge in [0.25, 0.3) is 0 Å². The van der Waals surface area contributed by atoms with Crippen LogP contribution in [0.5, 0.6) is 0 Å². The molecule has 0 aromatic heterocycles. The Balaban J connectivity index is 3.85. The van der Waals surface area contributed by atoms with Crippen LogP contribution in [0.25, 0.3) is 0 Å². The summed E-state index contributed by atoms with van der Waals surface area (Å²) in [5, 5.41) is 2.90. The fourth-order valence-electron chi connectivity index (χ4n) is 0.762. The summed E-state index contributed by atoms with van der Waals surface area (Å²) in [6, 6.07) is 0.182. The monoisotopic (exact) mass is 172 g/mol. The van der Waals surface area contributed by atoms with Crippen LogP contribution in [-0.4, -0.2) is 18.5 Å². The quantitative estimate of drug-likeness (QED) is 0.664. The van der Waals surface area contributed by atoms with Crippen LogP contribution in [0.15, 0.2) is 0 Å². The SMILES string of the molecule is CC(CCN)NC(=O)C(C)(C)C. The summed E-state index contributed by atoms with van der Waals surface area (Å²) in [5.74, 6) is 0.0865. The molecule has 3 nitrogen and oxygen atoms in total. The molecular formula is C9H20N2O. The summed E-state index contributed by atoms with van der Waals surface area (Å²) < 4.78 is 0. The third-order valence-electron chi connectivity index (χ3n) is 1.66. The standard InChI is InChI=1S/C9H20N2O/c1-7(5-6-10)11-8(12)9(2,3)4/h7H,5-6,10H2,1-4H3,(H,11,12). The van der Waals surface area contributed by atoms with Gasteiger partial charge >= 0.3 is 0 Å². The summed E-state index contributed by atoms with van der Waals surface area (Å²) in [7, 11) is 0. The zero-order valence-electron chi connectivity index (χ0n) is 8.48. The average molecular weight is 172 g/mol. The highest BCUT2D eigenvalue weighted by Gasteiger charge is 2.21. The van der Waals surface area contributed by atoms with Gasteiger partial charge in [0.2, 0.25) is 5.91 Å². The minimum atomic E-state index is -0.303. The smallest absolute Gasteiger partial charge is 0.225 e. The minimum Gasteiger partial charge on any atom is -0.353 e. The maximum atomic E-state index is 11.4. The molecule has 0 aliphatic rings. The molecule has 0 fully saturated rings. The number of carbonyl (C=O) groups is 1. The van der Waals surface area contributed by atoms with Crippen LogP contribution in [0.1, 0.15) is 34.1 Å². The molecule has 12 heavy (non-hydrogen) atoms. The van der Waals surface area contributed by atoms with Crippen molar-refractivity contribution in [1.82, 2.24) is 5.32 Å². The van der Waals surface area contributed by atoms with Crippen molar-refractivity contribution in [3.63, 3.8) is 0 Å². The van der Waals surface area contributed by atoms with Gasteiger partial charge in [0.15, 0.2) is 0 Å². The van der Waals surface area contributed by atoms with E-state index in [4.69, 9.17) is 5.73 Å². The van der Waals surface area contributed by atoms with Crippen LogP contribution < -0.4 is 11.1 Å². The molecule has 1 unspecified atom stereocenters. The fraction of sp³-hybridized carbons (Fsp3) is 0.889. The Morgan fingerprint density at radius 1 is 1.50 bits per heavy atom. The summed E-state index contributed by atoms with van der Waals surface area (Å²) >= 11 is 0. The molecule has 0 aromatic rings. The number of nitrogens with one attached hydrogen (secondary N) is 1. The first-order valence-electron chi connectivity index (χ1n) is 4.39. The van der Waals surface area contributed by atoms with Crippen molar-refractivity contribution < 1.29 is 4.79 Å². The summed E-state index contributed by atoms with van der Waals surface area (Å²) in [6.45, 7) is 8.29. The van der Waals surface area contributed by atoms with Crippen molar-refractivity contribution in [3.8, 4) is 0 Å². The van der Waals surface area contributed by atoms with E-state index in [1.54, 1.807) is 0 Å². The molecule has 0 rings (SSSR count). The van der Waals surface area contributed by atoms with E-state index >= 15 is 0 Å². The zero-order chi connectivity index (χ0) is 9.78. The molecule has 0 spiro atoms. The van der Waals surface area contributed by atoms with E-state index in [1.807, 2.05) is 27.7 Å². The van der Waals surface area contributed by atoms with Gasteiger partial charge in [-0.25, -0.2) is 0 Å². The molecule has 0 aromatic carbocycles. The van der Waals surface area contributed by atoms with E-state index < -0.39 is 0 Å². The number of rotatable bonds is 3. The normalized spacial score (nSPS) is 14.1. The van der Waals surface area contributed by atoms with Crippen LogP contribution >= 0.6 is 0 Å². The first-order valence-corrected chi connectivity index (χ1v) is 4.39. The molecule has 1 atom stereocenters. The fourth-order valence-corrected chi connectivity index (χ4v) is 0.762. The molecular weight excluding hydrogens is 152 g/mol. The number of hydrogen-bond donors (Lipinski definition) is 2. The number of nitrogens with two attached hydrogens (primary N) is 1. The van der Waals surface area contributed by atoms with Crippen molar-refractivity contribution in [3.05, 3.63) is 0 Å². The second-order valence-corrected chi connectivity index (χ2v) is 4.20. The average Bonchev–Trinajstić information content (AvgIpc) is 1.85. The zero-order valence-corrected chi connectivity index (χ0v) is 8.48. The molecule has 0 aliphatic carbocycles. The lowest BCUT2D eigenvalue weighted by Gasteiger charge is -2.21.